The van der Waals surface area contributed by atoms with Gasteiger partial charge in [-0.05, 0) is 44.0 Å². The summed E-state index contributed by atoms with van der Waals surface area (Å²) in [6.07, 6.45) is -0.234. The molecule has 0 saturated heterocycles. The minimum Gasteiger partial charge on any atom is -0.444 e. The fourth-order valence-corrected chi connectivity index (χ4v) is 2.28. The van der Waals surface area contributed by atoms with Crippen molar-refractivity contribution in [1.82, 2.24) is 10.2 Å². The van der Waals surface area contributed by atoms with Gasteiger partial charge in [0.15, 0.2) is 0 Å². The molecule has 110 valence electrons. The lowest BCUT2D eigenvalue weighted by atomic mass is 10.1. The number of hydrogen-bond donors (Lipinski definition) is 1. The zero-order valence-electron chi connectivity index (χ0n) is 12.8. The highest BCUT2D eigenvalue weighted by atomic mass is 16.6. The number of nitrogens with one attached hydrogen (secondary N) is 1. The molecule has 0 spiro atoms. The molecular formula is C16H24N2O2. The minimum absolute atomic E-state index is 0.234. The van der Waals surface area contributed by atoms with Gasteiger partial charge in [0.1, 0.15) is 5.60 Å². The average molecular weight is 276 g/mol. The average Bonchev–Trinajstić information content (AvgIpc) is 2.77. The van der Waals surface area contributed by atoms with Gasteiger partial charge < -0.3 is 10.1 Å². The Morgan fingerprint density at radius 2 is 2.00 bits per heavy atom. The topological polar surface area (TPSA) is 41.6 Å². The van der Waals surface area contributed by atoms with Crippen LogP contribution in [0.4, 0.5) is 4.79 Å². The van der Waals surface area contributed by atoms with E-state index in [-0.39, 0.29) is 6.09 Å². The van der Waals surface area contributed by atoms with Crippen LogP contribution < -0.4 is 5.32 Å². The van der Waals surface area contributed by atoms with Gasteiger partial charge in [0.2, 0.25) is 0 Å². The van der Waals surface area contributed by atoms with Crippen molar-refractivity contribution in [3.05, 3.63) is 34.9 Å². The third kappa shape index (κ3) is 3.73. The maximum Gasteiger partial charge on any atom is 0.410 e. The van der Waals surface area contributed by atoms with Crippen molar-refractivity contribution in [3.63, 3.8) is 0 Å². The molecule has 1 aromatic carbocycles. The predicted octanol–water partition coefficient (Wildman–Crippen LogP) is 3.05. The molecule has 4 nitrogen and oxygen atoms in total. The number of carbonyl (C=O) groups excluding carboxylic acids is 1. The molecule has 2 rings (SSSR count). The Hall–Kier alpha value is -1.55. The van der Waals surface area contributed by atoms with Crippen LogP contribution in [0.3, 0.4) is 0 Å². The molecule has 0 radical (unpaired) electrons. The minimum atomic E-state index is -0.442. The number of amides is 1. The van der Waals surface area contributed by atoms with Crippen LogP contribution in [0.1, 0.15) is 44.4 Å². The smallest absolute Gasteiger partial charge is 0.410 e. The van der Waals surface area contributed by atoms with E-state index in [1.54, 1.807) is 4.90 Å². The standard InChI is InChI=1S/C16H24N2O2/c1-5-17-9-12-6-7-13-10-18(11-14(13)8-12)15(19)20-16(2,3)4/h6-8,17H,5,9-11H2,1-4H3. The quantitative estimate of drug-likeness (QED) is 0.922. The van der Waals surface area contributed by atoms with Crippen molar-refractivity contribution >= 4 is 6.09 Å². The largest absolute Gasteiger partial charge is 0.444 e. The van der Waals surface area contributed by atoms with Gasteiger partial charge in [-0.2, -0.15) is 0 Å². The molecule has 0 unspecified atom stereocenters. The van der Waals surface area contributed by atoms with Gasteiger partial charge in [0.25, 0.3) is 0 Å². The van der Waals surface area contributed by atoms with Crippen molar-refractivity contribution in [2.75, 3.05) is 6.54 Å². The molecule has 1 aliphatic rings. The summed E-state index contributed by atoms with van der Waals surface area (Å²) in [5.74, 6) is 0. The molecule has 0 fully saturated rings. The highest BCUT2D eigenvalue weighted by molar-refractivity contribution is 5.69. The van der Waals surface area contributed by atoms with Crippen molar-refractivity contribution in [3.8, 4) is 0 Å². The Bertz CT molecular complexity index is 492. The first-order valence-corrected chi connectivity index (χ1v) is 7.18. The molecule has 0 bridgehead atoms. The number of nitrogens with zero attached hydrogens (tertiary/aromatic N) is 1. The second kappa shape index (κ2) is 5.83. The summed E-state index contributed by atoms with van der Waals surface area (Å²) >= 11 is 0. The predicted molar refractivity (Wildman–Crippen MR) is 79.3 cm³/mol. The summed E-state index contributed by atoms with van der Waals surface area (Å²) < 4.78 is 5.42. The molecule has 1 aliphatic heterocycles. The zero-order valence-corrected chi connectivity index (χ0v) is 12.8. The number of carbonyl (C=O) groups is 1. The van der Waals surface area contributed by atoms with Crippen molar-refractivity contribution in [2.24, 2.45) is 0 Å². The Balaban J connectivity index is 2.02. The summed E-state index contributed by atoms with van der Waals surface area (Å²) in [6.45, 7) is 10.9. The number of fused-ring (bicyclic) bond motifs is 1. The monoisotopic (exact) mass is 276 g/mol. The fourth-order valence-electron chi connectivity index (χ4n) is 2.28. The Morgan fingerprint density at radius 3 is 2.65 bits per heavy atom. The summed E-state index contributed by atoms with van der Waals surface area (Å²) in [7, 11) is 0. The van der Waals surface area contributed by atoms with Crippen molar-refractivity contribution < 1.29 is 9.53 Å². The number of ether oxygens (including phenoxy) is 1. The van der Waals surface area contributed by atoms with Crippen LogP contribution in [0.15, 0.2) is 18.2 Å². The van der Waals surface area contributed by atoms with E-state index in [2.05, 4.69) is 30.4 Å². The van der Waals surface area contributed by atoms with E-state index >= 15 is 0 Å². The Labute approximate surface area is 121 Å². The van der Waals surface area contributed by atoms with Crippen LogP contribution in [0.25, 0.3) is 0 Å². The molecule has 1 amide bonds. The van der Waals surface area contributed by atoms with Crippen LogP contribution in [0.2, 0.25) is 0 Å². The molecule has 0 saturated carbocycles. The number of rotatable bonds is 3. The second-order valence-electron chi connectivity index (χ2n) is 6.22. The van der Waals surface area contributed by atoms with Gasteiger partial charge in [-0.15, -0.1) is 0 Å². The third-order valence-electron chi connectivity index (χ3n) is 3.22. The lowest BCUT2D eigenvalue weighted by Gasteiger charge is -2.24. The normalized spacial score (nSPS) is 14.3. The first-order chi connectivity index (χ1) is 9.39. The molecule has 0 aliphatic carbocycles. The maximum atomic E-state index is 12.1. The van der Waals surface area contributed by atoms with E-state index in [4.69, 9.17) is 4.74 Å². The molecular weight excluding hydrogens is 252 g/mol. The second-order valence-corrected chi connectivity index (χ2v) is 6.22. The van der Waals surface area contributed by atoms with E-state index < -0.39 is 5.60 Å². The van der Waals surface area contributed by atoms with Gasteiger partial charge in [-0.3, -0.25) is 4.90 Å². The van der Waals surface area contributed by atoms with E-state index in [9.17, 15) is 4.79 Å². The van der Waals surface area contributed by atoms with Crippen LogP contribution in [-0.4, -0.2) is 23.1 Å². The van der Waals surface area contributed by atoms with Gasteiger partial charge in [-0.1, -0.05) is 25.1 Å². The molecule has 1 N–H and O–H groups in total. The van der Waals surface area contributed by atoms with E-state index in [0.29, 0.717) is 13.1 Å². The summed E-state index contributed by atoms with van der Waals surface area (Å²) in [5, 5.41) is 3.32. The lowest BCUT2D eigenvalue weighted by molar-refractivity contribution is 0.0242. The van der Waals surface area contributed by atoms with Gasteiger partial charge in [0, 0.05) is 19.6 Å². The Morgan fingerprint density at radius 1 is 1.30 bits per heavy atom. The van der Waals surface area contributed by atoms with Crippen LogP contribution in [0, 0.1) is 0 Å². The zero-order chi connectivity index (χ0) is 14.8. The van der Waals surface area contributed by atoms with Crippen molar-refractivity contribution in [2.45, 2.75) is 52.9 Å². The highest BCUT2D eigenvalue weighted by Gasteiger charge is 2.27. The van der Waals surface area contributed by atoms with Crippen LogP contribution >= 0.6 is 0 Å². The SMILES string of the molecule is CCNCc1ccc2c(c1)CN(C(=O)OC(C)(C)C)C2. The van der Waals surface area contributed by atoms with Gasteiger partial charge >= 0.3 is 6.09 Å². The number of benzene rings is 1. The Kier molecular flexibility index (Phi) is 4.33. The maximum absolute atomic E-state index is 12.1. The summed E-state index contributed by atoms with van der Waals surface area (Å²) in [4.78, 5) is 13.8. The fraction of sp³-hybridized carbons (Fsp3) is 0.562. The first-order valence-electron chi connectivity index (χ1n) is 7.18. The number of hydrogen-bond acceptors (Lipinski definition) is 3. The molecule has 4 heteroatoms. The van der Waals surface area contributed by atoms with Crippen molar-refractivity contribution in [1.29, 1.82) is 0 Å². The molecule has 0 aromatic heterocycles. The van der Waals surface area contributed by atoms with E-state index in [1.807, 2.05) is 20.8 Å². The summed E-state index contributed by atoms with van der Waals surface area (Å²) in [6, 6.07) is 6.43. The van der Waals surface area contributed by atoms with E-state index in [1.165, 1.54) is 16.7 Å². The third-order valence-corrected chi connectivity index (χ3v) is 3.22. The molecule has 20 heavy (non-hydrogen) atoms. The van der Waals surface area contributed by atoms with Crippen LogP contribution in [-0.2, 0) is 24.4 Å². The highest BCUT2D eigenvalue weighted by Crippen LogP contribution is 2.25. The van der Waals surface area contributed by atoms with Gasteiger partial charge in [-0.25, -0.2) is 4.79 Å². The molecule has 0 atom stereocenters. The van der Waals surface area contributed by atoms with Crippen LogP contribution in [0.5, 0.6) is 0 Å². The first kappa shape index (κ1) is 14.9. The lowest BCUT2D eigenvalue weighted by Crippen LogP contribution is -2.33. The molecule has 1 heterocycles. The summed E-state index contributed by atoms with van der Waals surface area (Å²) in [5.41, 5.74) is 3.27. The van der Waals surface area contributed by atoms with E-state index in [0.717, 1.165) is 13.1 Å². The molecule has 1 aromatic rings. The van der Waals surface area contributed by atoms with Gasteiger partial charge in [0.05, 0.1) is 0 Å².